The second-order valence-electron chi connectivity index (χ2n) is 3.02. The number of hydrogen-bond donors (Lipinski definition) is 0. The Morgan fingerprint density at radius 2 is 2.08 bits per heavy atom. The molecular formula is C8H8Cl2N2. The smallest absolute Gasteiger partial charge is 0.0862 e. The van der Waals surface area contributed by atoms with Crippen LogP contribution in [0.5, 0.6) is 0 Å². The lowest BCUT2D eigenvalue weighted by atomic mass is 9.83. The molecule has 1 aliphatic rings. The molecule has 2 nitrogen and oxygen atoms in total. The average molecular weight is 203 g/mol. The monoisotopic (exact) mass is 202 g/mol. The minimum absolute atomic E-state index is 0.490. The summed E-state index contributed by atoms with van der Waals surface area (Å²) in [6.07, 6.45) is 5.06. The van der Waals surface area contributed by atoms with Crippen molar-refractivity contribution in [3.05, 3.63) is 21.9 Å². The van der Waals surface area contributed by atoms with Crippen LogP contribution in [0.4, 0.5) is 0 Å². The summed E-state index contributed by atoms with van der Waals surface area (Å²) < 4.78 is 0. The first kappa shape index (κ1) is 8.27. The summed E-state index contributed by atoms with van der Waals surface area (Å²) in [5.74, 6) is 0.490. The van der Waals surface area contributed by atoms with Gasteiger partial charge in [-0.1, -0.05) is 29.6 Å². The molecule has 0 unspecified atom stereocenters. The van der Waals surface area contributed by atoms with Crippen molar-refractivity contribution in [2.24, 2.45) is 0 Å². The fourth-order valence-electron chi connectivity index (χ4n) is 1.31. The molecule has 1 aliphatic carbocycles. The standard InChI is InChI=1S/C8H8Cl2N2/c9-6-4-11-12-8(7(6)10)5-2-1-3-5/h4-5H,1-3H2. The SMILES string of the molecule is Clc1cnnc(C2CCC2)c1Cl. The van der Waals surface area contributed by atoms with E-state index in [1.165, 1.54) is 12.6 Å². The molecule has 1 aromatic heterocycles. The first-order valence-corrected chi connectivity index (χ1v) is 4.71. The Morgan fingerprint density at radius 3 is 2.67 bits per heavy atom. The first-order valence-electron chi connectivity index (χ1n) is 3.95. The van der Waals surface area contributed by atoms with Gasteiger partial charge in [0.05, 0.1) is 21.9 Å². The van der Waals surface area contributed by atoms with Gasteiger partial charge in [0.1, 0.15) is 0 Å². The van der Waals surface area contributed by atoms with Crippen molar-refractivity contribution in [1.82, 2.24) is 10.2 Å². The molecule has 2 rings (SSSR count). The van der Waals surface area contributed by atoms with Crippen LogP contribution >= 0.6 is 23.2 Å². The lowest BCUT2D eigenvalue weighted by molar-refractivity contribution is 0.408. The second-order valence-corrected chi connectivity index (χ2v) is 3.80. The molecular weight excluding hydrogens is 195 g/mol. The van der Waals surface area contributed by atoms with E-state index in [4.69, 9.17) is 23.2 Å². The highest BCUT2D eigenvalue weighted by molar-refractivity contribution is 6.42. The number of rotatable bonds is 1. The van der Waals surface area contributed by atoms with Crippen LogP contribution in [0.15, 0.2) is 6.20 Å². The summed E-state index contributed by atoms with van der Waals surface area (Å²) in [5.41, 5.74) is 0.871. The minimum Gasteiger partial charge on any atom is -0.157 e. The maximum absolute atomic E-state index is 5.97. The topological polar surface area (TPSA) is 25.8 Å². The van der Waals surface area contributed by atoms with Gasteiger partial charge >= 0.3 is 0 Å². The Kier molecular flexibility index (Phi) is 2.20. The van der Waals surface area contributed by atoms with E-state index in [1.54, 1.807) is 0 Å². The summed E-state index contributed by atoms with van der Waals surface area (Å²) in [5, 5.41) is 8.86. The van der Waals surface area contributed by atoms with Crippen LogP contribution in [0.2, 0.25) is 10.0 Å². The van der Waals surface area contributed by atoms with Crippen molar-refractivity contribution in [3.63, 3.8) is 0 Å². The van der Waals surface area contributed by atoms with E-state index in [-0.39, 0.29) is 0 Å². The van der Waals surface area contributed by atoms with E-state index >= 15 is 0 Å². The molecule has 0 bridgehead atoms. The molecule has 0 spiro atoms. The molecule has 1 fully saturated rings. The van der Waals surface area contributed by atoms with E-state index in [0.717, 1.165) is 18.5 Å². The molecule has 1 heterocycles. The van der Waals surface area contributed by atoms with Crippen LogP contribution in [0.3, 0.4) is 0 Å². The second kappa shape index (κ2) is 3.19. The van der Waals surface area contributed by atoms with Crippen molar-refractivity contribution < 1.29 is 0 Å². The van der Waals surface area contributed by atoms with Crippen molar-refractivity contribution in [1.29, 1.82) is 0 Å². The summed E-state index contributed by atoms with van der Waals surface area (Å²) in [4.78, 5) is 0. The molecule has 12 heavy (non-hydrogen) atoms. The molecule has 0 amide bonds. The number of aromatic nitrogens is 2. The molecule has 4 heteroatoms. The van der Waals surface area contributed by atoms with Gasteiger partial charge in [0.25, 0.3) is 0 Å². The predicted molar refractivity (Wildman–Crippen MR) is 48.6 cm³/mol. The van der Waals surface area contributed by atoms with Gasteiger partial charge in [0.2, 0.25) is 0 Å². The zero-order chi connectivity index (χ0) is 8.55. The molecule has 0 aliphatic heterocycles. The molecule has 0 atom stereocenters. The quantitative estimate of drug-likeness (QED) is 0.700. The van der Waals surface area contributed by atoms with Crippen molar-refractivity contribution in [2.75, 3.05) is 0 Å². The van der Waals surface area contributed by atoms with Crippen LogP contribution in [0, 0.1) is 0 Å². The Balaban J connectivity index is 2.36. The zero-order valence-electron chi connectivity index (χ0n) is 6.43. The van der Waals surface area contributed by atoms with E-state index in [2.05, 4.69) is 10.2 Å². The van der Waals surface area contributed by atoms with Crippen LogP contribution in [0.1, 0.15) is 30.9 Å². The fourth-order valence-corrected chi connectivity index (χ4v) is 1.69. The van der Waals surface area contributed by atoms with Gasteiger partial charge in [-0.3, -0.25) is 0 Å². The highest BCUT2D eigenvalue weighted by Crippen LogP contribution is 2.39. The molecule has 1 saturated carbocycles. The van der Waals surface area contributed by atoms with Crippen molar-refractivity contribution in [3.8, 4) is 0 Å². The lowest BCUT2D eigenvalue weighted by Crippen LogP contribution is -2.11. The largest absolute Gasteiger partial charge is 0.157 e. The van der Waals surface area contributed by atoms with Gasteiger partial charge < -0.3 is 0 Å². The van der Waals surface area contributed by atoms with Crippen LogP contribution < -0.4 is 0 Å². The summed E-state index contributed by atoms with van der Waals surface area (Å²) in [6.45, 7) is 0. The van der Waals surface area contributed by atoms with E-state index in [0.29, 0.717) is 16.0 Å². The number of hydrogen-bond acceptors (Lipinski definition) is 2. The summed E-state index contributed by atoms with van der Waals surface area (Å²) >= 11 is 11.8. The normalized spacial score (nSPS) is 17.5. The highest BCUT2D eigenvalue weighted by Gasteiger charge is 2.24. The fraction of sp³-hybridized carbons (Fsp3) is 0.500. The predicted octanol–water partition coefficient (Wildman–Crippen LogP) is 3.05. The number of nitrogens with zero attached hydrogens (tertiary/aromatic N) is 2. The third-order valence-electron chi connectivity index (χ3n) is 2.26. The van der Waals surface area contributed by atoms with Crippen molar-refractivity contribution in [2.45, 2.75) is 25.2 Å². The summed E-state index contributed by atoms with van der Waals surface area (Å²) in [6, 6.07) is 0. The maximum Gasteiger partial charge on any atom is 0.0862 e. The van der Waals surface area contributed by atoms with E-state index in [9.17, 15) is 0 Å². The molecule has 64 valence electrons. The molecule has 0 aromatic carbocycles. The Labute approximate surface area is 80.9 Å². The van der Waals surface area contributed by atoms with Crippen LogP contribution in [-0.2, 0) is 0 Å². The number of halogens is 2. The van der Waals surface area contributed by atoms with E-state index in [1.807, 2.05) is 0 Å². The molecule has 0 saturated heterocycles. The lowest BCUT2D eigenvalue weighted by Gasteiger charge is -2.24. The molecule has 0 radical (unpaired) electrons. The van der Waals surface area contributed by atoms with Crippen LogP contribution in [0.25, 0.3) is 0 Å². The first-order chi connectivity index (χ1) is 5.79. The van der Waals surface area contributed by atoms with Gasteiger partial charge in [-0.25, -0.2) is 0 Å². The Morgan fingerprint density at radius 1 is 1.33 bits per heavy atom. The third-order valence-corrected chi connectivity index (χ3v) is 3.04. The average Bonchev–Trinajstić information content (AvgIpc) is 1.95. The van der Waals surface area contributed by atoms with Gasteiger partial charge in [-0.2, -0.15) is 10.2 Å². The minimum atomic E-state index is 0.490. The Bertz CT molecular complexity index is 297. The van der Waals surface area contributed by atoms with Gasteiger partial charge in [-0.05, 0) is 12.8 Å². The van der Waals surface area contributed by atoms with Crippen molar-refractivity contribution >= 4 is 23.2 Å². The Hall–Kier alpha value is -0.340. The molecule has 0 N–H and O–H groups in total. The van der Waals surface area contributed by atoms with Gasteiger partial charge in [0, 0.05) is 5.92 Å². The zero-order valence-corrected chi connectivity index (χ0v) is 7.94. The van der Waals surface area contributed by atoms with Gasteiger partial charge in [-0.15, -0.1) is 0 Å². The maximum atomic E-state index is 5.97. The highest BCUT2D eigenvalue weighted by atomic mass is 35.5. The third kappa shape index (κ3) is 1.29. The van der Waals surface area contributed by atoms with E-state index < -0.39 is 0 Å². The van der Waals surface area contributed by atoms with Crippen LogP contribution in [-0.4, -0.2) is 10.2 Å². The molecule has 1 aromatic rings. The summed E-state index contributed by atoms with van der Waals surface area (Å²) in [7, 11) is 0. The van der Waals surface area contributed by atoms with Gasteiger partial charge in [0.15, 0.2) is 0 Å².